The van der Waals surface area contributed by atoms with Gasteiger partial charge in [-0.15, -0.1) is 0 Å². The van der Waals surface area contributed by atoms with Gasteiger partial charge < -0.3 is 19.5 Å². The molecule has 6 heteroatoms. The van der Waals surface area contributed by atoms with Crippen LogP contribution in [-0.2, 0) is 19.0 Å². The molecule has 0 aromatic carbocycles. The highest BCUT2D eigenvalue weighted by atomic mass is 16.6. The molecule has 0 aromatic heterocycles. The van der Waals surface area contributed by atoms with Gasteiger partial charge in [0.15, 0.2) is 6.04 Å². The van der Waals surface area contributed by atoms with Crippen molar-refractivity contribution in [1.82, 2.24) is 5.32 Å². The molecule has 0 aliphatic carbocycles. The maximum absolute atomic E-state index is 12.1. The van der Waals surface area contributed by atoms with Crippen molar-refractivity contribution in [3.63, 3.8) is 0 Å². The predicted molar refractivity (Wildman–Crippen MR) is 79.8 cm³/mol. The van der Waals surface area contributed by atoms with Crippen LogP contribution in [-0.4, -0.2) is 35.9 Å². The van der Waals surface area contributed by atoms with E-state index in [9.17, 15) is 9.59 Å². The summed E-state index contributed by atoms with van der Waals surface area (Å²) in [7, 11) is 0. The number of alkyl carbamates (subject to hydrolysis) is 1. The third-order valence-corrected chi connectivity index (χ3v) is 1.87. The number of carbonyl (C=O) groups excluding carboxylic acids is 2. The quantitative estimate of drug-likeness (QED) is 0.624. The lowest BCUT2D eigenvalue weighted by Gasteiger charge is -2.24. The maximum Gasteiger partial charge on any atom is 0.408 e. The molecule has 0 fully saturated rings. The van der Waals surface area contributed by atoms with E-state index in [0.717, 1.165) is 0 Å². The van der Waals surface area contributed by atoms with E-state index in [1.54, 1.807) is 41.5 Å². The van der Waals surface area contributed by atoms with Crippen LogP contribution >= 0.6 is 0 Å². The molecule has 21 heavy (non-hydrogen) atoms. The van der Waals surface area contributed by atoms with E-state index in [1.165, 1.54) is 12.3 Å². The highest BCUT2D eigenvalue weighted by molar-refractivity contribution is 5.83. The van der Waals surface area contributed by atoms with Crippen LogP contribution < -0.4 is 5.32 Å². The van der Waals surface area contributed by atoms with Gasteiger partial charge in [0.25, 0.3) is 0 Å². The topological polar surface area (TPSA) is 73.9 Å². The van der Waals surface area contributed by atoms with Crippen molar-refractivity contribution in [2.45, 2.75) is 65.7 Å². The van der Waals surface area contributed by atoms with Crippen molar-refractivity contribution >= 4 is 12.1 Å². The molecule has 122 valence electrons. The molecule has 0 saturated heterocycles. The first-order valence-corrected chi connectivity index (χ1v) is 6.95. The largest absolute Gasteiger partial charge is 0.502 e. The average molecular weight is 301 g/mol. The number of carbonyl (C=O) groups is 2. The van der Waals surface area contributed by atoms with Crippen molar-refractivity contribution in [3.8, 4) is 0 Å². The Morgan fingerprint density at radius 1 is 1.05 bits per heavy atom. The highest BCUT2D eigenvalue weighted by Crippen LogP contribution is 2.10. The molecule has 0 heterocycles. The third-order valence-electron chi connectivity index (χ3n) is 1.87. The molecular formula is C15H27NO5. The minimum absolute atomic E-state index is 0.462. The Morgan fingerprint density at radius 2 is 1.57 bits per heavy atom. The number of esters is 1. The number of hydrogen-bond acceptors (Lipinski definition) is 5. The van der Waals surface area contributed by atoms with Crippen molar-refractivity contribution in [3.05, 3.63) is 12.3 Å². The smallest absolute Gasteiger partial charge is 0.408 e. The van der Waals surface area contributed by atoms with Crippen molar-refractivity contribution in [2.75, 3.05) is 6.61 Å². The number of hydrogen-bond donors (Lipinski definition) is 1. The summed E-state index contributed by atoms with van der Waals surface area (Å²) in [6.07, 6.45) is 2.08. The number of rotatable bonds is 5. The lowest BCUT2D eigenvalue weighted by Crippen LogP contribution is -2.45. The van der Waals surface area contributed by atoms with Crippen LogP contribution in [0.3, 0.4) is 0 Å². The zero-order valence-electron chi connectivity index (χ0n) is 14.0. The van der Waals surface area contributed by atoms with E-state index in [2.05, 4.69) is 5.32 Å². The first-order chi connectivity index (χ1) is 9.44. The Hall–Kier alpha value is -1.72. The number of amides is 1. The normalized spacial score (nSPS) is 13.7. The second kappa shape index (κ2) is 7.90. The molecule has 0 aliphatic heterocycles. The molecule has 0 bridgehead atoms. The Bertz CT molecular complexity index is 377. The van der Waals surface area contributed by atoms with Gasteiger partial charge in [0.2, 0.25) is 0 Å². The van der Waals surface area contributed by atoms with Gasteiger partial charge in [0, 0.05) is 0 Å². The molecule has 0 aliphatic rings. The minimum Gasteiger partial charge on any atom is -0.502 e. The second-order valence-electron chi connectivity index (χ2n) is 6.44. The highest BCUT2D eigenvalue weighted by Gasteiger charge is 2.27. The van der Waals surface area contributed by atoms with Crippen LogP contribution in [0, 0.1) is 0 Å². The summed E-state index contributed by atoms with van der Waals surface area (Å²) in [5.74, 6) is -0.579. The molecule has 6 nitrogen and oxygen atoms in total. The summed E-state index contributed by atoms with van der Waals surface area (Å²) < 4.78 is 15.4. The molecule has 0 rings (SSSR count). The van der Waals surface area contributed by atoms with Crippen LogP contribution in [0.15, 0.2) is 12.3 Å². The van der Waals surface area contributed by atoms with Crippen LogP contribution in [0.5, 0.6) is 0 Å². The lowest BCUT2D eigenvalue weighted by atomic mass is 10.2. The van der Waals surface area contributed by atoms with Gasteiger partial charge in [-0.2, -0.15) is 0 Å². The van der Waals surface area contributed by atoms with Gasteiger partial charge in [-0.3, -0.25) is 0 Å². The molecular weight excluding hydrogens is 274 g/mol. The summed E-state index contributed by atoms with van der Waals surface area (Å²) in [6, 6.07) is -0.967. The number of ether oxygens (including phenoxy) is 3. The summed E-state index contributed by atoms with van der Waals surface area (Å²) in [5, 5.41) is 2.45. The second-order valence-corrected chi connectivity index (χ2v) is 6.44. The molecule has 1 N–H and O–H groups in total. The monoisotopic (exact) mass is 301 g/mol. The van der Waals surface area contributed by atoms with Crippen LogP contribution in [0.25, 0.3) is 0 Å². The number of nitrogens with one attached hydrogen (secondary N) is 1. The first kappa shape index (κ1) is 19.3. The predicted octanol–water partition coefficient (Wildman–Crippen LogP) is 2.77. The summed E-state index contributed by atoms with van der Waals surface area (Å²) >= 11 is 0. The lowest BCUT2D eigenvalue weighted by molar-refractivity contribution is -0.156. The van der Waals surface area contributed by atoms with E-state index in [1.807, 2.05) is 6.92 Å². The van der Waals surface area contributed by atoms with E-state index in [-0.39, 0.29) is 0 Å². The van der Waals surface area contributed by atoms with Gasteiger partial charge in [-0.25, -0.2) is 9.59 Å². The van der Waals surface area contributed by atoms with Crippen LogP contribution in [0.1, 0.15) is 48.5 Å². The van der Waals surface area contributed by atoms with Crippen LogP contribution in [0.2, 0.25) is 0 Å². The van der Waals surface area contributed by atoms with Gasteiger partial charge in [-0.1, -0.05) is 0 Å². The fraction of sp³-hybridized carbons (Fsp3) is 0.733. The maximum atomic E-state index is 12.1. The van der Waals surface area contributed by atoms with Crippen LogP contribution in [0.4, 0.5) is 4.79 Å². The molecule has 0 saturated carbocycles. The molecule has 0 aromatic rings. The van der Waals surface area contributed by atoms with Gasteiger partial charge in [-0.05, 0) is 54.5 Å². The Labute approximate surface area is 126 Å². The molecule has 0 radical (unpaired) electrons. The molecule has 0 spiro atoms. The first-order valence-electron chi connectivity index (χ1n) is 6.95. The fourth-order valence-electron chi connectivity index (χ4n) is 1.22. The van der Waals surface area contributed by atoms with Gasteiger partial charge in [0.05, 0.1) is 12.9 Å². The summed E-state index contributed by atoms with van der Waals surface area (Å²) in [6.45, 7) is 12.8. The van der Waals surface area contributed by atoms with Crippen molar-refractivity contribution in [2.24, 2.45) is 0 Å². The van der Waals surface area contributed by atoms with E-state index in [4.69, 9.17) is 14.2 Å². The average Bonchev–Trinajstić information content (AvgIpc) is 2.22. The van der Waals surface area contributed by atoms with E-state index >= 15 is 0 Å². The third kappa shape index (κ3) is 10.7. The Morgan fingerprint density at radius 3 is 2.00 bits per heavy atom. The zero-order chi connectivity index (χ0) is 16.7. The van der Waals surface area contributed by atoms with Crippen molar-refractivity contribution < 1.29 is 23.8 Å². The minimum atomic E-state index is -0.967. The van der Waals surface area contributed by atoms with Gasteiger partial charge in [0.1, 0.15) is 11.2 Å². The SMILES string of the molecule is CCO/C=C\C(NC(=O)OC(C)(C)C)C(=O)OC(C)(C)C. The fourth-order valence-corrected chi connectivity index (χ4v) is 1.22. The van der Waals surface area contributed by atoms with Gasteiger partial charge >= 0.3 is 12.1 Å². The zero-order valence-corrected chi connectivity index (χ0v) is 14.0. The Kier molecular flexibility index (Phi) is 7.26. The Balaban J connectivity index is 4.82. The summed E-state index contributed by atoms with van der Waals surface area (Å²) in [4.78, 5) is 23.8. The van der Waals surface area contributed by atoms with E-state index < -0.39 is 29.3 Å². The standard InChI is InChI=1S/C15H27NO5/c1-8-19-10-9-11(12(17)20-14(2,3)4)16-13(18)21-15(5,6)7/h9-11H,8H2,1-7H3,(H,16,18)/b10-9-. The van der Waals surface area contributed by atoms with E-state index in [0.29, 0.717) is 6.61 Å². The molecule has 1 atom stereocenters. The summed E-state index contributed by atoms with van der Waals surface area (Å²) in [5.41, 5.74) is -1.30. The molecule has 1 amide bonds. The molecule has 1 unspecified atom stereocenters. The van der Waals surface area contributed by atoms with Crippen molar-refractivity contribution in [1.29, 1.82) is 0 Å².